The number of hydrogen-bond acceptors (Lipinski definition) is 2. The molecular weight excluding hydrogens is 217 g/mol. The molecule has 0 aliphatic carbocycles. The summed E-state index contributed by atoms with van der Waals surface area (Å²) in [6.07, 6.45) is 3.68. The van der Waals surface area contributed by atoms with Gasteiger partial charge in [-0.05, 0) is 56.0 Å². The smallest absolute Gasteiger partial charge is 0.123 e. The molecule has 94 valence electrons. The second kappa shape index (κ2) is 6.72. The Labute approximate surface area is 102 Å². The average molecular weight is 237 g/mol. The molecule has 0 amide bonds. The van der Waals surface area contributed by atoms with Gasteiger partial charge in [0.25, 0.3) is 0 Å². The molecule has 0 bridgehead atoms. The highest BCUT2D eigenvalue weighted by Crippen LogP contribution is 2.14. The Bertz CT molecular complexity index is 317. The summed E-state index contributed by atoms with van der Waals surface area (Å²) in [5, 5.41) is 3.39. The first-order valence-electron chi connectivity index (χ1n) is 6.37. The lowest BCUT2D eigenvalue weighted by molar-refractivity contribution is 0.0829. The van der Waals surface area contributed by atoms with E-state index < -0.39 is 0 Å². The van der Waals surface area contributed by atoms with Crippen molar-refractivity contribution in [1.82, 2.24) is 5.32 Å². The molecule has 1 N–H and O–H groups in total. The molecule has 17 heavy (non-hydrogen) atoms. The largest absolute Gasteiger partial charge is 0.376 e. The summed E-state index contributed by atoms with van der Waals surface area (Å²) in [6, 6.07) is 6.52. The topological polar surface area (TPSA) is 21.3 Å². The van der Waals surface area contributed by atoms with Crippen LogP contribution in [0, 0.1) is 11.7 Å². The Balaban J connectivity index is 1.69. The third-order valence-corrected chi connectivity index (χ3v) is 3.23. The summed E-state index contributed by atoms with van der Waals surface area (Å²) in [7, 11) is 0. The minimum Gasteiger partial charge on any atom is -0.376 e. The summed E-state index contributed by atoms with van der Waals surface area (Å²) >= 11 is 0. The lowest BCUT2D eigenvalue weighted by atomic mass is 10.0. The van der Waals surface area contributed by atoms with Crippen LogP contribution in [0.2, 0.25) is 0 Å². The summed E-state index contributed by atoms with van der Waals surface area (Å²) in [6.45, 7) is 3.64. The van der Waals surface area contributed by atoms with Gasteiger partial charge in [-0.1, -0.05) is 12.1 Å². The third-order valence-electron chi connectivity index (χ3n) is 3.23. The number of benzene rings is 1. The Hall–Kier alpha value is -0.930. The van der Waals surface area contributed by atoms with Gasteiger partial charge in [0.05, 0.1) is 6.61 Å². The van der Waals surface area contributed by atoms with Gasteiger partial charge in [-0.15, -0.1) is 0 Å². The maximum Gasteiger partial charge on any atom is 0.123 e. The van der Waals surface area contributed by atoms with E-state index in [0.717, 1.165) is 25.3 Å². The van der Waals surface area contributed by atoms with Crippen LogP contribution in [0.5, 0.6) is 0 Å². The second-order valence-electron chi connectivity index (χ2n) is 4.69. The first-order chi connectivity index (χ1) is 8.34. The molecule has 0 spiro atoms. The molecule has 1 fully saturated rings. The third kappa shape index (κ3) is 4.44. The first-order valence-corrected chi connectivity index (χ1v) is 6.37. The highest BCUT2D eigenvalue weighted by atomic mass is 19.1. The molecule has 1 atom stereocenters. The molecule has 2 rings (SSSR count). The van der Waals surface area contributed by atoms with Gasteiger partial charge in [-0.25, -0.2) is 4.39 Å². The summed E-state index contributed by atoms with van der Waals surface area (Å²) in [4.78, 5) is 0. The van der Waals surface area contributed by atoms with E-state index in [4.69, 9.17) is 4.74 Å². The Kier molecular flexibility index (Phi) is 4.95. The summed E-state index contributed by atoms with van der Waals surface area (Å²) in [5.41, 5.74) is 1.04. The van der Waals surface area contributed by atoms with Crippen LogP contribution in [0.3, 0.4) is 0 Å². The highest BCUT2D eigenvalue weighted by molar-refractivity contribution is 5.14. The van der Waals surface area contributed by atoms with E-state index in [1.165, 1.54) is 31.4 Å². The molecule has 1 aliphatic rings. The fourth-order valence-electron chi connectivity index (χ4n) is 2.18. The van der Waals surface area contributed by atoms with E-state index >= 15 is 0 Å². The van der Waals surface area contributed by atoms with Crippen molar-refractivity contribution in [2.24, 2.45) is 5.92 Å². The van der Waals surface area contributed by atoms with E-state index in [1.807, 2.05) is 0 Å². The van der Waals surface area contributed by atoms with Crippen molar-refractivity contribution < 1.29 is 9.13 Å². The lowest BCUT2D eigenvalue weighted by Gasteiger charge is -2.13. The van der Waals surface area contributed by atoms with Gasteiger partial charge in [0.15, 0.2) is 0 Å². The fourth-order valence-corrected chi connectivity index (χ4v) is 2.18. The van der Waals surface area contributed by atoms with Crippen molar-refractivity contribution in [2.75, 3.05) is 19.7 Å². The zero-order valence-corrected chi connectivity index (χ0v) is 10.1. The van der Waals surface area contributed by atoms with Crippen LogP contribution in [0.1, 0.15) is 24.8 Å². The molecule has 1 saturated heterocycles. The molecule has 1 aromatic carbocycles. The number of ether oxygens (including phenoxy) is 1. The van der Waals surface area contributed by atoms with Gasteiger partial charge >= 0.3 is 0 Å². The molecule has 0 saturated carbocycles. The summed E-state index contributed by atoms with van der Waals surface area (Å²) in [5.74, 6) is 0.481. The maximum absolute atomic E-state index is 12.7. The molecular formula is C14H20FNO. The van der Waals surface area contributed by atoms with Crippen LogP contribution < -0.4 is 5.32 Å². The minimum absolute atomic E-state index is 0.191. The monoisotopic (exact) mass is 237 g/mol. The first kappa shape index (κ1) is 12.5. The zero-order valence-electron chi connectivity index (χ0n) is 10.1. The van der Waals surface area contributed by atoms with Gasteiger partial charge in [-0.3, -0.25) is 0 Å². The predicted molar refractivity (Wildman–Crippen MR) is 66.3 cm³/mol. The van der Waals surface area contributed by atoms with Crippen LogP contribution in [0.15, 0.2) is 24.3 Å². The minimum atomic E-state index is -0.191. The van der Waals surface area contributed by atoms with Crippen molar-refractivity contribution in [3.63, 3.8) is 0 Å². The van der Waals surface area contributed by atoms with Gasteiger partial charge in [0, 0.05) is 6.61 Å². The molecule has 3 heteroatoms. The Morgan fingerprint density at radius 1 is 1.18 bits per heavy atom. The maximum atomic E-state index is 12.7. The molecule has 0 aromatic heterocycles. The van der Waals surface area contributed by atoms with Crippen LogP contribution >= 0.6 is 0 Å². The van der Waals surface area contributed by atoms with Crippen LogP contribution in [-0.4, -0.2) is 19.7 Å². The molecule has 1 heterocycles. The van der Waals surface area contributed by atoms with Crippen molar-refractivity contribution in [1.29, 1.82) is 0 Å². The van der Waals surface area contributed by atoms with Crippen molar-refractivity contribution >= 4 is 0 Å². The van der Waals surface area contributed by atoms with Gasteiger partial charge in [0.1, 0.15) is 5.82 Å². The van der Waals surface area contributed by atoms with Crippen molar-refractivity contribution in [2.45, 2.75) is 25.9 Å². The lowest BCUT2D eigenvalue weighted by Crippen LogP contribution is -2.15. The Morgan fingerprint density at radius 2 is 2.00 bits per heavy atom. The molecule has 0 radical (unpaired) electrons. The van der Waals surface area contributed by atoms with E-state index in [-0.39, 0.29) is 5.82 Å². The zero-order chi connectivity index (χ0) is 11.9. The SMILES string of the molecule is Fc1ccc(COCC2CCCNCC2)cc1. The summed E-state index contributed by atoms with van der Waals surface area (Å²) < 4.78 is 18.4. The van der Waals surface area contributed by atoms with Gasteiger partial charge in [0.2, 0.25) is 0 Å². The molecule has 1 aliphatic heterocycles. The second-order valence-corrected chi connectivity index (χ2v) is 4.69. The molecule has 1 aromatic rings. The van der Waals surface area contributed by atoms with Crippen molar-refractivity contribution in [3.8, 4) is 0 Å². The number of hydrogen-bond donors (Lipinski definition) is 1. The predicted octanol–water partition coefficient (Wildman–Crippen LogP) is 2.73. The van der Waals surface area contributed by atoms with Crippen molar-refractivity contribution in [3.05, 3.63) is 35.6 Å². The number of rotatable bonds is 4. The quantitative estimate of drug-likeness (QED) is 0.869. The fraction of sp³-hybridized carbons (Fsp3) is 0.571. The average Bonchev–Trinajstić information content (AvgIpc) is 2.60. The van der Waals surface area contributed by atoms with E-state index in [0.29, 0.717) is 12.5 Å². The van der Waals surface area contributed by atoms with Gasteiger partial charge < -0.3 is 10.1 Å². The van der Waals surface area contributed by atoms with E-state index in [9.17, 15) is 4.39 Å². The standard InChI is InChI=1S/C14H20FNO/c15-14-5-3-13(4-6-14)11-17-10-12-2-1-8-16-9-7-12/h3-6,12,16H,1-2,7-11H2. The number of nitrogens with one attached hydrogen (secondary N) is 1. The van der Waals surface area contributed by atoms with Crippen LogP contribution in [0.25, 0.3) is 0 Å². The highest BCUT2D eigenvalue weighted by Gasteiger charge is 2.11. The molecule has 1 unspecified atom stereocenters. The van der Waals surface area contributed by atoms with Crippen LogP contribution in [0.4, 0.5) is 4.39 Å². The van der Waals surface area contributed by atoms with E-state index in [1.54, 1.807) is 12.1 Å². The van der Waals surface area contributed by atoms with Gasteiger partial charge in [-0.2, -0.15) is 0 Å². The normalized spacial score (nSPS) is 21.1. The Morgan fingerprint density at radius 3 is 2.82 bits per heavy atom. The van der Waals surface area contributed by atoms with Crippen LogP contribution in [-0.2, 0) is 11.3 Å². The number of halogens is 1. The van der Waals surface area contributed by atoms with E-state index in [2.05, 4.69) is 5.32 Å². The molecule has 2 nitrogen and oxygen atoms in total.